The van der Waals surface area contributed by atoms with Gasteiger partial charge in [-0.15, -0.1) is 6.58 Å². The molecule has 1 atom stereocenters. The summed E-state index contributed by atoms with van der Waals surface area (Å²) in [6.45, 7) is 8.58. The zero-order valence-corrected chi connectivity index (χ0v) is 10.6. The van der Waals surface area contributed by atoms with Crippen molar-refractivity contribution in [2.75, 3.05) is 7.05 Å². The SMILES string of the molecule is C=CCC(NC)C1CCC(C(C)C)CC1. The highest BCUT2D eigenvalue weighted by molar-refractivity contribution is 4.86. The summed E-state index contributed by atoms with van der Waals surface area (Å²) in [6.07, 6.45) is 8.84. The fourth-order valence-electron chi connectivity index (χ4n) is 2.94. The second kappa shape index (κ2) is 6.32. The Labute approximate surface area is 95.3 Å². The topological polar surface area (TPSA) is 12.0 Å². The van der Waals surface area contributed by atoms with E-state index < -0.39 is 0 Å². The third-order valence-electron chi connectivity index (χ3n) is 4.12. The Balaban J connectivity index is 2.38. The summed E-state index contributed by atoms with van der Waals surface area (Å²) < 4.78 is 0. The minimum absolute atomic E-state index is 0.663. The molecular weight excluding hydrogens is 182 g/mol. The van der Waals surface area contributed by atoms with E-state index in [4.69, 9.17) is 0 Å². The van der Waals surface area contributed by atoms with Crippen LogP contribution in [0.5, 0.6) is 0 Å². The maximum absolute atomic E-state index is 3.85. The third-order valence-corrected chi connectivity index (χ3v) is 4.12. The average Bonchev–Trinajstić information content (AvgIpc) is 2.26. The molecule has 0 radical (unpaired) electrons. The maximum atomic E-state index is 3.85. The van der Waals surface area contributed by atoms with E-state index in [1.165, 1.54) is 25.7 Å². The molecule has 1 rings (SSSR count). The van der Waals surface area contributed by atoms with Crippen LogP contribution in [0.2, 0.25) is 0 Å². The van der Waals surface area contributed by atoms with Crippen LogP contribution in [-0.2, 0) is 0 Å². The Kier molecular flexibility index (Phi) is 5.38. The molecule has 0 saturated heterocycles. The fourth-order valence-corrected chi connectivity index (χ4v) is 2.94. The summed E-state index contributed by atoms with van der Waals surface area (Å²) in [7, 11) is 2.09. The van der Waals surface area contributed by atoms with Gasteiger partial charge in [-0.05, 0) is 56.9 Å². The van der Waals surface area contributed by atoms with Crippen molar-refractivity contribution in [2.45, 2.75) is 52.0 Å². The third kappa shape index (κ3) is 3.64. The van der Waals surface area contributed by atoms with Crippen molar-refractivity contribution < 1.29 is 0 Å². The molecule has 0 spiro atoms. The Hall–Kier alpha value is -0.300. The molecule has 0 heterocycles. The van der Waals surface area contributed by atoms with Crippen LogP contribution < -0.4 is 5.32 Å². The predicted octanol–water partition coefficient (Wildman–Crippen LogP) is 3.61. The van der Waals surface area contributed by atoms with Crippen LogP contribution in [0.4, 0.5) is 0 Å². The number of nitrogens with one attached hydrogen (secondary N) is 1. The van der Waals surface area contributed by atoms with Gasteiger partial charge in [0.05, 0.1) is 0 Å². The molecule has 0 amide bonds. The first kappa shape index (κ1) is 12.8. The van der Waals surface area contributed by atoms with E-state index in [0.717, 1.165) is 24.2 Å². The van der Waals surface area contributed by atoms with Crippen LogP contribution >= 0.6 is 0 Å². The zero-order chi connectivity index (χ0) is 11.3. The lowest BCUT2D eigenvalue weighted by molar-refractivity contribution is 0.192. The number of rotatable bonds is 5. The van der Waals surface area contributed by atoms with Crippen LogP contribution in [0.3, 0.4) is 0 Å². The van der Waals surface area contributed by atoms with Gasteiger partial charge in [-0.25, -0.2) is 0 Å². The minimum atomic E-state index is 0.663. The molecule has 1 heteroatoms. The lowest BCUT2D eigenvalue weighted by Gasteiger charge is -2.35. The van der Waals surface area contributed by atoms with Gasteiger partial charge >= 0.3 is 0 Å². The Morgan fingerprint density at radius 2 is 1.73 bits per heavy atom. The van der Waals surface area contributed by atoms with Gasteiger partial charge in [-0.1, -0.05) is 19.9 Å². The largest absolute Gasteiger partial charge is 0.316 e. The van der Waals surface area contributed by atoms with Crippen LogP contribution in [0.25, 0.3) is 0 Å². The molecule has 15 heavy (non-hydrogen) atoms. The molecule has 1 aliphatic rings. The first-order valence-electron chi connectivity index (χ1n) is 6.47. The van der Waals surface area contributed by atoms with E-state index in [0.29, 0.717) is 6.04 Å². The molecule has 1 fully saturated rings. The van der Waals surface area contributed by atoms with E-state index >= 15 is 0 Å². The number of hydrogen-bond acceptors (Lipinski definition) is 1. The first-order chi connectivity index (χ1) is 7.19. The van der Waals surface area contributed by atoms with Crippen LogP contribution in [0, 0.1) is 17.8 Å². The van der Waals surface area contributed by atoms with Gasteiger partial charge in [0, 0.05) is 6.04 Å². The van der Waals surface area contributed by atoms with Crippen molar-refractivity contribution >= 4 is 0 Å². The predicted molar refractivity (Wildman–Crippen MR) is 67.9 cm³/mol. The Morgan fingerprint density at radius 1 is 1.20 bits per heavy atom. The van der Waals surface area contributed by atoms with E-state index in [1.54, 1.807) is 0 Å². The normalized spacial score (nSPS) is 29.1. The maximum Gasteiger partial charge on any atom is 0.0127 e. The molecule has 0 aromatic carbocycles. The van der Waals surface area contributed by atoms with Gasteiger partial charge in [-0.3, -0.25) is 0 Å². The lowest BCUT2D eigenvalue weighted by atomic mass is 9.74. The highest BCUT2D eigenvalue weighted by Crippen LogP contribution is 2.35. The van der Waals surface area contributed by atoms with E-state index in [1.807, 2.05) is 0 Å². The monoisotopic (exact) mass is 209 g/mol. The molecule has 1 saturated carbocycles. The van der Waals surface area contributed by atoms with Crippen LogP contribution in [0.15, 0.2) is 12.7 Å². The molecule has 1 N–H and O–H groups in total. The number of hydrogen-bond donors (Lipinski definition) is 1. The summed E-state index contributed by atoms with van der Waals surface area (Å²) in [4.78, 5) is 0. The quantitative estimate of drug-likeness (QED) is 0.682. The van der Waals surface area contributed by atoms with Gasteiger partial charge in [0.2, 0.25) is 0 Å². The van der Waals surface area contributed by atoms with Crippen molar-refractivity contribution in [3.05, 3.63) is 12.7 Å². The van der Waals surface area contributed by atoms with Gasteiger partial charge in [0.25, 0.3) is 0 Å². The van der Waals surface area contributed by atoms with Crippen molar-refractivity contribution in [1.29, 1.82) is 0 Å². The highest BCUT2D eigenvalue weighted by atomic mass is 14.9. The zero-order valence-electron chi connectivity index (χ0n) is 10.6. The van der Waals surface area contributed by atoms with Crippen LogP contribution in [0.1, 0.15) is 46.0 Å². The minimum Gasteiger partial charge on any atom is -0.316 e. The average molecular weight is 209 g/mol. The summed E-state index contributed by atoms with van der Waals surface area (Å²) >= 11 is 0. The molecule has 1 unspecified atom stereocenters. The van der Waals surface area contributed by atoms with Crippen molar-refractivity contribution in [1.82, 2.24) is 5.32 Å². The molecule has 0 aromatic heterocycles. The highest BCUT2D eigenvalue weighted by Gasteiger charge is 2.27. The fraction of sp³-hybridized carbons (Fsp3) is 0.857. The first-order valence-corrected chi connectivity index (χ1v) is 6.47. The molecule has 88 valence electrons. The molecule has 0 aromatic rings. The van der Waals surface area contributed by atoms with Crippen molar-refractivity contribution in [2.24, 2.45) is 17.8 Å². The molecule has 1 aliphatic carbocycles. The lowest BCUT2D eigenvalue weighted by Crippen LogP contribution is -2.36. The van der Waals surface area contributed by atoms with Gasteiger partial charge < -0.3 is 5.32 Å². The second-order valence-corrected chi connectivity index (χ2v) is 5.34. The summed E-state index contributed by atoms with van der Waals surface area (Å²) in [5, 5.41) is 3.45. The molecule has 1 nitrogen and oxygen atoms in total. The van der Waals surface area contributed by atoms with Gasteiger partial charge in [-0.2, -0.15) is 0 Å². The second-order valence-electron chi connectivity index (χ2n) is 5.34. The Bertz CT molecular complexity index is 178. The van der Waals surface area contributed by atoms with Gasteiger partial charge in [0.15, 0.2) is 0 Å². The summed E-state index contributed by atoms with van der Waals surface area (Å²) in [5.74, 6) is 2.73. The standard InChI is InChI=1S/C14H27N/c1-5-6-14(15-4)13-9-7-12(8-10-13)11(2)3/h5,11-15H,1,6-10H2,2-4H3. The van der Waals surface area contributed by atoms with Crippen molar-refractivity contribution in [3.63, 3.8) is 0 Å². The van der Waals surface area contributed by atoms with E-state index in [-0.39, 0.29) is 0 Å². The van der Waals surface area contributed by atoms with Gasteiger partial charge in [0.1, 0.15) is 0 Å². The van der Waals surface area contributed by atoms with E-state index in [2.05, 4.69) is 38.9 Å². The van der Waals surface area contributed by atoms with Crippen molar-refractivity contribution in [3.8, 4) is 0 Å². The molecule has 0 bridgehead atoms. The summed E-state index contributed by atoms with van der Waals surface area (Å²) in [6, 6.07) is 0.663. The molecular formula is C14H27N. The Morgan fingerprint density at radius 3 is 2.13 bits per heavy atom. The smallest absolute Gasteiger partial charge is 0.0127 e. The van der Waals surface area contributed by atoms with Crippen LogP contribution in [-0.4, -0.2) is 13.1 Å². The van der Waals surface area contributed by atoms with E-state index in [9.17, 15) is 0 Å². The summed E-state index contributed by atoms with van der Waals surface area (Å²) in [5.41, 5.74) is 0. The molecule has 0 aliphatic heterocycles.